The largest absolute Gasteiger partial charge is 0.483 e. The van der Waals surface area contributed by atoms with Crippen LogP contribution in [0, 0.1) is 11.6 Å². The Kier molecular flexibility index (Phi) is 5.81. The molecule has 0 saturated heterocycles. The number of carbonyl (C=O) groups is 1. The summed E-state index contributed by atoms with van der Waals surface area (Å²) in [5.41, 5.74) is 2.08. The number of nitrogens with one attached hydrogen (secondary N) is 1. The summed E-state index contributed by atoms with van der Waals surface area (Å²) in [5.74, 6) is -1.16. The first-order chi connectivity index (χ1) is 13.0. The van der Waals surface area contributed by atoms with E-state index in [1.165, 1.54) is 6.07 Å². The van der Waals surface area contributed by atoms with Crippen LogP contribution in [0.3, 0.4) is 0 Å². The van der Waals surface area contributed by atoms with Crippen LogP contribution in [0.1, 0.15) is 18.5 Å². The van der Waals surface area contributed by atoms with Crippen LogP contribution in [0.5, 0.6) is 5.75 Å². The average Bonchev–Trinajstić information content (AvgIpc) is 2.67. The Hall–Kier alpha value is -3.21. The topological polar surface area (TPSA) is 38.3 Å². The minimum absolute atomic E-state index is 0.211. The summed E-state index contributed by atoms with van der Waals surface area (Å²) in [7, 11) is 0. The molecule has 3 nitrogen and oxygen atoms in total. The smallest absolute Gasteiger partial charge is 0.258 e. The second-order valence-corrected chi connectivity index (χ2v) is 6.11. The van der Waals surface area contributed by atoms with E-state index in [4.69, 9.17) is 4.74 Å². The monoisotopic (exact) mass is 367 g/mol. The first kappa shape index (κ1) is 18.6. The summed E-state index contributed by atoms with van der Waals surface area (Å²) in [5, 5.41) is 2.66. The molecule has 5 heteroatoms. The van der Waals surface area contributed by atoms with Crippen molar-refractivity contribution >= 4 is 5.91 Å². The predicted molar refractivity (Wildman–Crippen MR) is 100 cm³/mol. The Labute approximate surface area is 156 Å². The number of rotatable bonds is 6. The molecular weight excluding hydrogens is 348 g/mol. The van der Waals surface area contributed by atoms with Crippen molar-refractivity contribution in [2.45, 2.75) is 13.0 Å². The SMILES string of the molecule is C[C@@H](NC(=O)COc1ccccc1-c1ccccc1)c1ccc(F)cc1F. The zero-order valence-electron chi connectivity index (χ0n) is 14.8. The highest BCUT2D eigenvalue weighted by Crippen LogP contribution is 2.29. The maximum atomic E-state index is 13.8. The maximum absolute atomic E-state index is 13.8. The Morgan fingerprint density at radius 3 is 2.44 bits per heavy atom. The molecule has 1 atom stereocenters. The van der Waals surface area contributed by atoms with Crippen molar-refractivity contribution in [1.29, 1.82) is 0 Å². The Balaban J connectivity index is 1.65. The van der Waals surface area contributed by atoms with Crippen LogP contribution in [-0.2, 0) is 4.79 Å². The van der Waals surface area contributed by atoms with E-state index in [1.54, 1.807) is 13.0 Å². The molecule has 0 bridgehead atoms. The second-order valence-electron chi connectivity index (χ2n) is 6.11. The Morgan fingerprint density at radius 2 is 1.70 bits per heavy atom. The number of hydrogen-bond acceptors (Lipinski definition) is 2. The molecule has 27 heavy (non-hydrogen) atoms. The number of hydrogen-bond donors (Lipinski definition) is 1. The molecule has 0 aromatic heterocycles. The number of halogens is 2. The van der Waals surface area contributed by atoms with Gasteiger partial charge >= 0.3 is 0 Å². The zero-order chi connectivity index (χ0) is 19.2. The third-order valence-electron chi connectivity index (χ3n) is 4.14. The van der Waals surface area contributed by atoms with E-state index in [-0.39, 0.29) is 12.2 Å². The first-order valence-corrected chi connectivity index (χ1v) is 8.56. The molecule has 0 spiro atoms. The fraction of sp³-hybridized carbons (Fsp3) is 0.136. The van der Waals surface area contributed by atoms with Gasteiger partial charge < -0.3 is 10.1 Å². The molecule has 0 aliphatic heterocycles. The number of para-hydroxylation sites is 1. The molecule has 1 N–H and O–H groups in total. The molecule has 0 heterocycles. The van der Waals surface area contributed by atoms with Gasteiger partial charge in [0.1, 0.15) is 17.4 Å². The second kappa shape index (κ2) is 8.45. The Morgan fingerprint density at radius 1 is 1.00 bits per heavy atom. The standard InChI is InChI=1S/C22H19F2NO2/c1-15(18-12-11-17(23)13-20(18)24)25-22(26)14-27-21-10-6-5-9-19(21)16-7-3-2-4-8-16/h2-13,15H,14H2,1H3,(H,25,26)/t15-/m1/s1. The molecule has 1 amide bonds. The van der Waals surface area contributed by atoms with Crippen molar-refractivity contribution < 1.29 is 18.3 Å². The average molecular weight is 367 g/mol. The third-order valence-corrected chi connectivity index (χ3v) is 4.14. The van der Waals surface area contributed by atoms with E-state index in [2.05, 4.69) is 5.32 Å². The summed E-state index contributed by atoms with van der Waals surface area (Å²) >= 11 is 0. The van der Waals surface area contributed by atoms with Crippen LogP contribution in [0.15, 0.2) is 72.8 Å². The van der Waals surface area contributed by atoms with Crippen molar-refractivity contribution in [3.8, 4) is 16.9 Å². The molecular formula is C22H19F2NO2. The predicted octanol–water partition coefficient (Wildman–Crippen LogP) is 4.89. The normalized spacial score (nSPS) is 11.7. The van der Waals surface area contributed by atoms with Crippen LogP contribution >= 0.6 is 0 Å². The van der Waals surface area contributed by atoms with E-state index >= 15 is 0 Å². The minimum Gasteiger partial charge on any atom is -0.483 e. The van der Waals surface area contributed by atoms with Crippen LogP contribution in [0.2, 0.25) is 0 Å². The number of ether oxygens (including phenoxy) is 1. The summed E-state index contributed by atoms with van der Waals surface area (Å²) in [4.78, 5) is 12.2. The van der Waals surface area contributed by atoms with Gasteiger partial charge in [-0.3, -0.25) is 4.79 Å². The van der Waals surface area contributed by atoms with Crippen molar-refractivity contribution in [1.82, 2.24) is 5.32 Å². The van der Waals surface area contributed by atoms with Gasteiger partial charge in [-0.15, -0.1) is 0 Å². The zero-order valence-corrected chi connectivity index (χ0v) is 14.8. The van der Waals surface area contributed by atoms with Crippen molar-refractivity contribution in [2.24, 2.45) is 0 Å². The molecule has 0 unspecified atom stereocenters. The highest BCUT2D eigenvalue weighted by atomic mass is 19.1. The molecule has 0 aliphatic carbocycles. The van der Waals surface area contributed by atoms with Gasteiger partial charge in [0.15, 0.2) is 6.61 Å². The van der Waals surface area contributed by atoms with Gasteiger partial charge in [-0.1, -0.05) is 54.6 Å². The highest BCUT2D eigenvalue weighted by molar-refractivity contribution is 5.78. The van der Waals surface area contributed by atoms with Gasteiger partial charge in [-0.25, -0.2) is 8.78 Å². The summed E-state index contributed by atoms with van der Waals surface area (Å²) < 4.78 is 32.5. The van der Waals surface area contributed by atoms with Gasteiger partial charge in [0.2, 0.25) is 0 Å². The van der Waals surface area contributed by atoms with E-state index in [0.29, 0.717) is 5.75 Å². The van der Waals surface area contributed by atoms with E-state index in [9.17, 15) is 13.6 Å². The highest BCUT2D eigenvalue weighted by Gasteiger charge is 2.15. The summed E-state index contributed by atoms with van der Waals surface area (Å²) in [6.07, 6.45) is 0. The van der Waals surface area contributed by atoms with Gasteiger partial charge in [-0.05, 0) is 24.6 Å². The lowest BCUT2D eigenvalue weighted by Gasteiger charge is -2.16. The molecule has 3 aromatic rings. The van der Waals surface area contributed by atoms with Gasteiger partial charge in [0, 0.05) is 17.2 Å². The summed E-state index contributed by atoms with van der Waals surface area (Å²) in [6.45, 7) is 1.42. The van der Waals surface area contributed by atoms with Gasteiger partial charge in [-0.2, -0.15) is 0 Å². The summed E-state index contributed by atoms with van der Waals surface area (Å²) in [6, 6.07) is 19.8. The van der Waals surface area contributed by atoms with E-state index in [1.807, 2.05) is 48.5 Å². The molecule has 3 rings (SSSR count). The van der Waals surface area contributed by atoms with Crippen LogP contribution < -0.4 is 10.1 Å². The third kappa shape index (κ3) is 4.70. The van der Waals surface area contributed by atoms with Crippen LogP contribution in [0.4, 0.5) is 8.78 Å². The lowest BCUT2D eigenvalue weighted by atomic mass is 10.1. The van der Waals surface area contributed by atoms with Crippen molar-refractivity contribution in [3.63, 3.8) is 0 Å². The number of carbonyl (C=O) groups excluding carboxylic acids is 1. The lowest BCUT2D eigenvalue weighted by Crippen LogP contribution is -2.31. The first-order valence-electron chi connectivity index (χ1n) is 8.56. The fourth-order valence-corrected chi connectivity index (χ4v) is 2.81. The van der Waals surface area contributed by atoms with Gasteiger partial charge in [0.25, 0.3) is 5.91 Å². The van der Waals surface area contributed by atoms with Crippen LogP contribution in [-0.4, -0.2) is 12.5 Å². The van der Waals surface area contributed by atoms with Crippen molar-refractivity contribution in [3.05, 3.63) is 90.0 Å². The molecule has 0 fully saturated rings. The molecule has 138 valence electrons. The maximum Gasteiger partial charge on any atom is 0.258 e. The molecule has 3 aromatic carbocycles. The minimum atomic E-state index is -0.696. The number of benzene rings is 3. The van der Waals surface area contributed by atoms with Crippen LogP contribution in [0.25, 0.3) is 11.1 Å². The fourth-order valence-electron chi connectivity index (χ4n) is 2.81. The van der Waals surface area contributed by atoms with E-state index < -0.39 is 23.6 Å². The quantitative estimate of drug-likeness (QED) is 0.674. The Bertz CT molecular complexity index is 929. The molecule has 0 aliphatic rings. The molecule has 0 saturated carbocycles. The van der Waals surface area contributed by atoms with E-state index in [0.717, 1.165) is 23.3 Å². The lowest BCUT2D eigenvalue weighted by molar-refractivity contribution is -0.123. The van der Waals surface area contributed by atoms with Crippen molar-refractivity contribution in [2.75, 3.05) is 6.61 Å². The van der Waals surface area contributed by atoms with Gasteiger partial charge in [0.05, 0.1) is 6.04 Å². The molecule has 0 radical (unpaired) electrons. The number of amides is 1.